The first-order valence-corrected chi connectivity index (χ1v) is 11.8. The van der Waals surface area contributed by atoms with E-state index in [2.05, 4.69) is 24.5 Å². The molecule has 0 radical (unpaired) electrons. The predicted molar refractivity (Wildman–Crippen MR) is 134 cm³/mol. The Kier molecular flexibility index (Phi) is 4.92. The van der Waals surface area contributed by atoms with Crippen LogP contribution in [0, 0.1) is 5.41 Å². The van der Waals surface area contributed by atoms with E-state index < -0.39 is 0 Å². The molecule has 0 bridgehead atoms. The number of hydrogen-bond acceptors (Lipinski definition) is 6. The smallest absolute Gasteiger partial charge is 0.231 e. The molecule has 0 saturated carbocycles. The van der Waals surface area contributed by atoms with Crippen molar-refractivity contribution in [3.63, 3.8) is 0 Å². The Morgan fingerprint density at radius 2 is 1.69 bits per heavy atom. The number of nitrogens with one attached hydrogen (secondary N) is 2. The Labute approximate surface area is 204 Å². The summed E-state index contributed by atoms with van der Waals surface area (Å²) in [5.74, 6) is 1.46. The fourth-order valence-corrected chi connectivity index (χ4v) is 5.19. The molecule has 0 aromatic heterocycles. The van der Waals surface area contributed by atoms with Gasteiger partial charge in [0.25, 0.3) is 0 Å². The summed E-state index contributed by atoms with van der Waals surface area (Å²) in [6, 6.07) is 20.3. The van der Waals surface area contributed by atoms with E-state index >= 15 is 0 Å². The van der Waals surface area contributed by atoms with Gasteiger partial charge in [-0.2, -0.15) is 0 Å². The first-order valence-electron chi connectivity index (χ1n) is 11.8. The van der Waals surface area contributed by atoms with Crippen LogP contribution in [0.1, 0.15) is 54.2 Å². The molecule has 3 aromatic carbocycles. The van der Waals surface area contributed by atoms with E-state index in [1.54, 1.807) is 0 Å². The van der Waals surface area contributed by atoms with E-state index in [1.165, 1.54) is 0 Å². The zero-order valence-corrected chi connectivity index (χ0v) is 19.7. The van der Waals surface area contributed by atoms with Crippen molar-refractivity contribution in [2.75, 3.05) is 17.4 Å². The lowest BCUT2D eigenvalue weighted by Crippen LogP contribution is -2.31. The molecule has 0 fully saturated rings. The Morgan fingerprint density at radius 1 is 0.886 bits per heavy atom. The largest absolute Gasteiger partial charge is 0.454 e. The molecule has 1 aliphatic carbocycles. The quantitative estimate of drug-likeness (QED) is 0.470. The summed E-state index contributed by atoms with van der Waals surface area (Å²) in [4.78, 5) is 26.6. The minimum absolute atomic E-state index is 0.0407. The third-order valence-corrected chi connectivity index (χ3v) is 6.84. The molecule has 0 saturated heterocycles. The molecule has 2 aliphatic heterocycles. The first-order chi connectivity index (χ1) is 16.9. The zero-order chi connectivity index (χ0) is 24.2. The average Bonchev–Trinajstić information content (AvgIpc) is 3.24. The van der Waals surface area contributed by atoms with Crippen LogP contribution in [0.25, 0.3) is 0 Å². The number of ether oxygens (including phenoxy) is 2. The van der Waals surface area contributed by atoms with Gasteiger partial charge in [-0.1, -0.05) is 50.2 Å². The molecule has 35 heavy (non-hydrogen) atoms. The third-order valence-electron chi connectivity index (χ3n) is 6.84. The highest BCUT2D eigenvalue weighted by molar-refractivity contribution is 6.10. The molecule has 176 valence electrons. The Hall–Kier alpha value is -4.06. The summed E-state index contributed by atoms with van der Waals surface area (Å²) >= 11 is 0. The number of anilines is 2. The molecule has 3 aliphatic rings. The van der Waals surface area contributed by atoms with Crippen molar-refractivity contribution in [1.82, 2.24) is 0 Å². The van der Waals surface area contributed by atoms with Crippen LogP contribution in [0.2, 0.25) is 0 Å². The van der Waals surface area contributed by atoms with Crippen LogP contribution in [-0.4, -0.2) is 18.4 Å². The SMILES string of the molecule is CC1(C)CC(=O)C2=C(C1)Nc1cc(C(=O)c3ccccc3)ccc1NC2c1ccc2c(c1)OCO2. The van der Waals surface area contributed by atoms with Gasteiger partial charge in [-0.15, -0.1) is 0 Å². The second-order valence-electron chi connectivity index (χ2n) is 10.1. The molecule has 0 spiro atoms. The summed E-state index contributed by atoms with van der Waals surface area (Å²) in [7, 11) is 0. The summed E-state index contributed by atoms with van der Waals surface area (Å²) in [5.41, 5.74) is 5.24. The maximum absolute atomic E-state index is 13.5. The number of carbonyl (C=O) groups excluding carboxylic acids is 2. The highest BCUT2D eigenvalue weighted by Gasteiger charge is 2.39. The van der Waals surface area contributed by atoms with E-state index in [1.807, 2.05) is 66.7 Å². The number of hydrogen-bond donors (Lipinski definition) is 2. The summed E-state index contributed by atoms with van der Waals surface area (Å²) in [6.45, 7) is 4.42. The van der Waals surface area contributed by atoms with Crippen molar-refractivity contribution in [3.05, 3.63) is 94.7 Å². The summed E-state index contributed by atoms with van der Waals surface area (Å²) < 4.78 is 11.1. The fourth-order valence-electron chi connectivity index (χ4n) is 5.19. The van der Waals surface area contributed by atoms with Crippen molar-refractivity contribution in [1.29, 1.82) is 0 Å². The van der Waals surface area contributed by atoms with Crippen LogP contribution in [0.4, 0.5) is 11.4 Å². The highest BCUT2D eigenvalue weighted by Crippen LogP contribution is 2.47. The normalized spacial score (nSPS) is 19.7. The van der Waals surface area contributed by atoms with Crippen LogP contribution in [-0.2, 0) is 4.79 Å². The monoisotopic (exact) mass is 466 g/mol. The van der Waals surface area contributed by atoms with Crippen LogP contribution >= 0.6 is 0 Å². The number of carbonyl (C=O) groups is 2. The van der Waals surface area contributed by atoms with Gasteiger partial charge in [-0.25, -0.2) is 0 Å². The van der Waals surface area contributed by atoms with Gasteiger partial charge in [-0.05, 0) is 47.7 Å². The second-order valence-corrected chi connectivity index (χ2v) is 10.1. The molecule has 1 atom stereocenters. The topological polar surface area (TPSA) is 76.7 Å². The molecule has 6 rings (SSSR count). The molecule has 3 aromatic rings. The number of Topliss-reactive ketones (excluding diaryl/α,β-unsaturated/α-hetero) is 1. The lowest BCUT2D eigenvalue weighted by atomic mass is 9.73. The van der Waals surface area contributed by atoms with Crippen molar-refractivity contribution in [2.24, 2.45) is 5.41 Å². The number of ketones is 2. The molecule has 6 nitrogen and oxygen atoms in total. The fraction of sp³-hybridized carbons (Fsp3) is 0.241. The third kappa shape index (κ3) is 3.85. The van der Waals surface area contributed by atoms with Crippen molar-refractivity contribution >= 4 is 22.9 Å². The lowest BCUT2D eigenvalue weighted by molar-refractivity contribution is -0.118. The van der Waals surface area contributed by atoms with Crippen LogP contribution < -0.4 is 20.1 Å². The summed E-state index contributed by atoms with van der Waals surface area (Å²) in [6.07, 6.45) is 1.21. The minimum atomic E-state index is -0.354. The molecule has 1 unspecified atom stereocenters. The minimum Gasteiger partial charge on any atom is -0.454 e. The van der Waals surface area contributed by atoms with Crippen molar-refractivity contribution < 1.29 is 19.1 Å². The number of fused-ring (bicyclic) bond motifs is 2. The molecule has 0 amide bonds. The number of allylic oxidation sites excluding steroid dienone is 1. The van der Waals surface area contributed by atoms with Crippen LogP contribution in [0.3, 0.4) is 0 Å². The Morgan fingerprint density at radius 3 is 2.51 bits per heavy atom. The first kappa shape index (κ1) is 21.5. The highest BCUT2D eigenvalue weighted by atomic mass is 16.7. The van der Waals surface area contributed by atoms with E-state index in [0.717, 1.165) is 34.6 Å². The van der Waals surface area contributed by atoms with Gasteiger partial charge in [0.1, 0.15) is 0 Å². The van der Waals surface area contributed by atoms with Crippen LogP contribution in [0.5, 0.6) is 11.5 Å². The Balaban J connectivity index is 1.45. The average molecular weight is 467 g/mol. The Bertz CT molecular complexity index is 1390. The van der Waals surface area contributed by atoms with Gasteiger partial charge >= 0.3 is 0 Å². The van der Waals surface area contributed by atoms with Crippen molar-refractivity contribution in [3.8, 4) is 11.5 Å². The molecule has 6 heteroatoms. The lowest BCUT2D eigenvalue weighted by Gasteiger charge is -2.34. The van der Waals surface area contributed by atoms with Gasteiger partial charge < -0.3 is 20.1 Å². The standard InChI is InChI=1S/C29H26N2O4/c1-29(2)14-22-26(23(32)15-29)27(18-9-11-24-25(13-18)35-16-34-24)31-20-10-8-19(12-21(20)30-22)28(33)17-6-4-3-5-7-17/h3-13,27,30-31H,14-16H2,1-2H3. The van der Waals surface area contributed by atoms with E-state index in [4.69, 9.17) is 9.47 Å². The molecular weight excluding hydrogens is 440 g/mol. The molecular formula is C29H26N2O4. The maximum Gasteiger partial charge on any atom is 0.231 e. The number of benzene rings is 3. The van der Waals surface area contributed by atoms with E-state index in [9.17, 15) is 9.59 Å². The van der Waals surface area contributed by atoms with Gasteiger partial charge in [0, 0.05) is 28.8 Å². The van der Waals surface area contributed by atoms with E-state index in [-0.39, 0.29) is 29.8 Å². The summed E-state index contributed by atoms with van der Waals surface area (Å²) in [5, 5.41) is 7.12. The maximum atomic E-state index is 13.5. The van der Waals surface area contributed by atoms with E-state index in [0.29, 0.717) is 29.0 Å². The van der Waals surface area contributed by atoms with Gasteiger partial charge in [0.2, 0.25) is 6.79 Å². The van der Waals surface area contributed by atoms with Gasteiger partial charge in [0.15, 0.2) is 23.1 Å². The zero-order valence-electron chi connectivity index (χ0n) is 19.7. The molecule has 2 N–H and O–H groups in total. The molecule has 2 heterocycles. The second kappa shape index (κ2) is 8.01. The van der Waals surface area contributed by atoms with Crippen LogP contribution in [0.15, 0.2) is 78.0 Å². The van der Waals surface area contributed by atoms with Gasteiger partial charge in [-0.3, -0.25) is 9.59 Å². The predicted octanol–water partition coefficient (Wildman–Crippen LogP) is 5.87. The van der Waals surface area contributed by atoms with Crippen molar-refractivity contribution in [2.45, 2.75) is 32.7 Å². The van der Waals surface area contributed by atoms with Gasteiger partial charge in [0.05, 0.1) is 17.4 Å². The number of rotatable bonds is 3.